The Kier molecular flexibility index (Phi) is 5.93. The first-order chi connectivity index (χ1) is 9.20. The van der Waals surface area contributed by atoms with E-state index in [1.807, 2.05) is 6.07 Å². The first kappa shape index (κ1) is 15.1. The van der Waals surface area contributed by atoms with Crippen LogP contribution < -0.4 is 5.32 Å². The van der Waals surface area contributed by atoms with E-state index in [4.69, 9.17) is 23.2 Å². The van der Waals surface area contributed by atoms with Gasteiger partial charge in [0.2, 0.25) is 0 Å². The largest absolute Gasteiger partial charge is 0.312 e. The first-order valence-corrected chi connectivity index (χ1v) is 7.82. The van der Waals surface area contributed by atoms with Gasteiger partial charge in [0.15, 0.2) is 0 Å². The molecule has 1 saturated carbocycles. The molecule has 2 atom stereocenters. The van der Waals surface area contributed by atoms with E-state index >= 15 is 0 Å². The molecule has 106 valence electrons. The SMILES string of the molecule is Fc1cc(CNCC2CCCCC2CCl)ccc1Cl. The van der Waals surface area contributed by atoms with E-state index in [-0.39, 0.29) is 10.8 Å². The van der Waals surface area contributed by atoms with E-state index in [9.17, 15) is 4.39 Å². The molecule has 0 saturated heterocycles. The molecule has 4 heteroatoms. The Morgan fingerprint density at radius 3 is 2.63 bits per heavy atom. The summed E-state index contributed by atoms with van der Waals surface area (Å²) in [5.74, 6) is 1.69. The molecule has 2 unspecified atom stereocenters. The quantitative estimate of drug-likeness (QED) is 0.783. The molecule has 0 aromatic heterocycles. The average Bonchev–Trinajstić information content (AvgIpc) is 2.43. The maximum absolute atomic E-state index is 13.3. The number of halogens is 3. The molecule has 1 fully saturated rings. The highest BCUT2D eigenvalue weighted by molar-refractivity contribution is 6.30. The number of alkyl halides is 1. The van der Waals surface area contributed by atoms with Gasteiger partial charge in [-0.05, 0) is 48.9 Å². The van der Waals surface area contributed by atoms with Gasteiger partial charge in [0, 0.05) is 12.4 Å². The maximum Gasteiger partial charge on any atom is 0.142 e. The van der Waals surface area contributed by atoms with E-state index in [1.54, 1.807) is 6.07 Å². The monoisotopic (exact) mass is 303 g/mol. The van der Waals surface area contributed by atoms with Gasteiger partial charge < -0.3 is 5.32 Å². The third-order valence-corrected chi connectivity index (χ3v) is 4.69. The highest BCUT2D eigenvalue weighted by atomic mass is 35.5. The van der Waals surface area contributed by atoms with Gasteiger partial charge >= 0.3 is 0 Å². The van der Waals surface area contributed by atoms with Crippen LogP contribution in [0.15, 0.2) is 18.2 Å². The minimum absolute atomic E-state index is 0.179. The number of benzene rings is 1. The van der Waals surface area contributed by atoms with Crippen molar-refractivity contribution in [2.75, 3.05) is 12.4 Å². The van der Waals surface area contributed by atoms with Gasteiger partial charge in [0.25, 0.3) is 0 Å². The van der Waals surface area contributed by atoms with Crippen molar-refractivity contribution < 1.29 is 4.39 Å². The zero-order chi connectivity index (χ0) is 13.7. The van der Waals surface area contributed by atoms with Crippen molar-refractivity contribution in [3.05, 3.63) is 34.6 Å². The van der Waals surface area contributed by atoms with Crippen LogP contribution >= 0.6 is 23.2 Å². The predicted molar refractivity (Wildman–Crippen MR) is 79.3 cm³/mol. The predicted octanol–water partition coefficient (Wildman–Crippen LogP) is 4.61. The molecule has 0 radical (unpaired) electrons. The summed E-state index contributed by atoms with van der Waals surface area (Å²) >= 11 is 11.7. The van der Waals surface area contributed by atoms with E-state index in [0.29, 0.717) is 18.4 Å². The maximum atomic E-state index is 13.3. The summed E-state index contributed by atoms with van der Waals surface area (Å²) in [7, 11) is 0. The molecule has 0 aliphatic heterocycles. The highest BCUT2D eigenvalue weighted by Gasteiger charge is 2.23. The van der Waals surface area contributed by atoms with Gasteiger partial charge in [-0.2, -0.15) is 0 Å². The Balaban J connectivity index is 1.80. The zero-order valence-corrected chi connectivity index (χ0v) is 12.5. The molecule has 1 aromatic carbocycles. The van der Waals surface area contributed by atoms with Crippen LogP contribution in [0.3, 0.4) is 0 Å². The first-order valence-electron chi connectivity index (χ1n) is 6.91. The zero-order valence-electron chi connectivity index (χ0n) is 11.0. The summed E-state index contributed by atoms with van der Waals surface area (Å²) in [6.07, 6.45) is 5.09. The molecular formula is C15H20Cl2FN. The van der Waals surface area contributed by atoms with Crippen molar-refractivity contribution in [1.82, 2.24) is 5.32 Å². The second-order valence-electron chi connectivity index (χ2n) is 5.34. The van der Waals surface area contributed by atoms with Crippen LogP contribution in [0.25, 0.3) is 0 Å². The van der Waals surface area contributed by atoms with E-state index in [2.05, 4.69) is 5.32 Å². The number of hydrogen-bond acceptors (Lipinski definition) is 1. The lowest BCUT2D eigenvalue weighted by Crippen LogP contribution is -2.31. The number of hydrogen-bond donors (Lipinski definition) is 1. The molecule has 0 heterocycles. The van der Waals surface area contributed by atoms with Crippen LogP contribution in [-0.2, 0) is 6.54 Å². The van der Waals surface area contributed by atoms with Crippen molar-refractivity contribution in [3.8, 4) is 0 Å². The third kappa shape index (κ3) is 4.34. The molecule has 0 amide bonds. The average molecular weight is 304 g/mol. The summed E-state index contributed by atoms with van der Waals surface area (Å²) in [6.45, 7) is 1.64. The second-order valence-corrected chi connectivity index (χ2v) is 6.05. The fraction of sp³-hybridized carbons (Fsp3) is 0.600. The summed E-state index contributed by atoms with van der Waals surface area (Å²) < 4.78 is 13.3. The van der Waals surface area contributed by atoms with Crippen LogP contribution in [0.5, 0.6) is 0 Å². The van der Waals surface area contributed by atoms with Crippen LogP contribution in [0.1, 0.15) is 31.2 Å². The van der Waals surface area contributed by atoms with Gasteiger partial charge in [-0.3, -0.25) is 0 Å². The van der Waals surface area contributed by atoms with Crippen molar-refractivity contribution in [2.24, 2.45) is 11.8 Å². The Morgan fingerprint density at radius 2 is 1.95 bits per heavy atom. The van der Waals surface area contributed by atoms with Gasteiger partial charge in [-0.1, -0.05) is 30.5 Å². The molecule has 2 rings (SSSR count). The van der Waals surface area contributed by atoms with Crippen molar-refractivity contribution in [2.45, 2.75) is 32.2 Å². The van der Waals surface area contributed by atoms with Gasteiger partial charge in [0.05, 0.1) is 5.02 Å². The summed E-state index contributed by atoms with van der Waals surface area (Å²) in [5.41, 5.74) is 0.931. The van der Waals surface area contributed by atoms with Crippen LogP contribution in [0.2, 0.25) is 5.02 Å². The molecule has 1 aromatic rings. The molecule has 0 bridgehead atoms. The fourth-order valence-corrected chi connectivity index (χ4v) is 3.33. The minimum atomic E-state index is -0.350. The molecule has 1 aliphatic carbocycles. The van der Waals surface area contributed by atoms with E-state index < -0.39 is 0 Å². The molecular weight excluding hydrogens is 284 g/mol. The smallest absolute Gasteiger partial charge is 0.142 e. The number of rotatable bonds is 5. The Hall–Kier alpha value is -0.310. The molecule has 1 aliphatic rings. The summed E-state index contributed by atoms with van der Waals surface area (Å²) in [4.78, 5) is 0. The Labute approximate surface area is 124 Å². The summed E-state index contributed by atoms with van der Waals surface area (Å²) in [6, 6.07) is 4.96. The van der Waals surface area contributed by atoms with Crippen LogP contribution in [0, 0.1) is 17.7 Å². The fourth-order valence-electron chi connectivity index (χ4n) is 2.81. The lowest BCUT2D eigenvalue weighted by molar-refractivity contribution is 0.250. The van der Waals surface area contributed by atoms with Crippen molar-refractivity contribution in [3.63, 3.8) is 0 Å². The van der Waals surface area contributed by atoms with Crippen molar-refractivity contribution in [1.29, 1.82) is 0 Å². The topological polar surface area (TPSA) is 12.0 Å². The van der Waals surface area contributed by atoms with Gasteiger partial charge in [-0.15, -0.1) is 11.6 Å². The van der Waals surface area contributed by atoms with Crippen molar-refractivity contribution >= 4 is 23.2 Å². The molecule has 1 N–H and O–H groups in total. The van der Waals surface area contributed by atoms with Crippen LogP contribution in [-0.4, -0.2) is 12.4 Å². The van der Waals surface area contributed by atoms with Gasteiger partial charge in [0.1, 0.15) is 5.82 Å². The minimum Gasteiger partial charge on any atom is -0.312 e. The number of nitrogens with one attached hydrogen (secondary N) is 1. The second kappa shape index (κ2) is 7.47. The molecule has 1 nitrogen and oxygen atoms in total. The Bertz CT molecular complexity index is 411. The lowest BCUT2D eigenvalue weighted by atomic mass is 9.80. The summed E-state index contributed by atoms with van der Waals surface area (Å²) in [5, 5.41) is 3.59. The van der Waals surface area contributed by atoms with E-state index in [1.165, 1.54) is 31.7 Å². The Morgan fingerprint density at radius 1 is 1.21 bits per heavy atom. The third-order valence-electron chi connectivity index (χ3n) is 3.98. The highest BCUT2D eigenvalue weighted by Crippen LogP contribution is 2.30. The molecule has 19 heavy (non-hydrogen) atoms. The van der Waals surface area contributed by atoms with E-state index in [0.717, 1.165) is 18.0 Å². The van der Waals surface area contributed by atoms with Crippen LogP contribution in [0.4, 0.5) is 4.39 Å². The standard InChI is InChI=1S/C15H20Cl2FN/c16-8-12-3-1-2-4-13(12)10-19-9-11-5-6-14(17)15(18)7-11/h5-7,12-13,19H,1-4,8-10H2. The van der Waals surface area contributed by atoms with Gasteiger partial charge in [-0.25, -0.2) is 4.39 Å². The normalized spacial score (nSPS) is 23.5. The lowest BCUT2D eigenvalue weighted by Gasteiger charge is -2.30. The molecule has 0 spiro atoms.